The minimum absolute atomic E-state index is 0.0969. The summed E-state index contributed by atoms with van der Waals surface area (Å²) in [6.07, 6.45) is 1.36. The summed E-state index contributed by atoms with van der Waals surface area (Å²) in [5.41, 5.74) is 0.242. The maximum absolute atomic E-state index is 12.1. The molecule has 2 rings (SSSR count). The number of carbonyl (C=O) groups excluding carboxylic acids is 1. The Bertz CT molecular complexity index is 757. The molecule has 1 heterocycles. The lowest BCUT2D eigenvalue weighted by Gasteiger charge is -2.07. The first-order valence-electron chi connectivity index (χ1n) is 5.95. The molecule has 0 spiro atoms. The van der Waals surface area contributed by atoms with Crippen LogP contribution in [0.25, 0.3) is 6.08 Å². The SMILES string of the molecule is Cc1ccc(C=C(C#N)C(=O)Nc2cccc(Cl)c2Cl)o1. The maximum Gasteiger partial charge on any atom is 0.266 e. The summed E-state index contributed by atoms with van der Waals surface area (Å²) in [7, 11) is 0. The maximum atomic E-state index is 12.1. The number of aryl methyl sites for hydroxylation is 1. The van der Waals surface area contributed by atoms with Gasteiger partial charge < -0.3 is 9.73 Å². The fraction of sp³-hybridized carbons (Fsp3) is 0.0667. The van der Waals surface area contributed by atoms with Crippen LogP contribution < -0.4 is 5.32 Å². The zero-order valence-electron chi connectivity index (χ0n) is 11.0. The molecule has 2 aromatic rings. The van der Waals surface area contributed by atoms with E-state index in [1.54, 1.807) is 37.3 Å². The Balaban J connectivity index is 2.24. The third-order valence-corrected chi connectivity index (χ3v) is 3.43. The van der Waals surface area contributed by atoms with Gasteiger partial charge in [-0.05, 0) is 31.2 Å². The van der Waals surface area contributed by atoms with Crippen LogP contribution in [-0.4, -0.2) is 5.91 Å². The molecule has 21 heavy (non-hydrogen) atoms. The fourth-order valence-electron chi connectivity index (χ4n) is 1.61. The van der Waals surface area contributed by atoms with Crippen LogP contribution in [0.3, 0.4) is 0 Å². The van der Waals surface area contributed by atoms with Gasteiger partial charge in [-0.15, -0.1) is 0 Å². The predicted molar refractivity (Wildman–Crippen MR) is 82.1 cm³/mol. The highest BCUT2D eigenvalue weighted by Crippen LogP contribution is 2.29. The van der Waals surface area contributed by atoms with Crippen LogP contribution in [-0.2, 0) is 4.79 Å². The largest absolute Gasteiger partial charge is 0.462 e. The molecule has 6 heteroatoms. The number of hydrogen-bond donors (Lipinski definition) is 1. The molecule has 0 atom stereocenters. The predicted octanol–water partition coefficient (Wildman–Crippen LogP) is 4.44. The Morgan fingerprint density at radius 2 is 2.10 bits per heavy atom. The number of furan rings is 1. The van der Waals surface area contributed by atoms with E-state index in [9.17, 15) is 4.79 Å². The van der Waals surface area contributed by atoms with Gasteiger partial charge in [-0.1, -0.05) is 29.3 Å². The second kappa shape index (κ2) is 6.49. The minimum Gasteiger partial charge on any atom is -0.462 e. The molecule has 0 saturated heterocycles. The van der Waals surface area contributed by atoms with Crippen molar-refractivity contribution in [3.8, 4) is 6.07 Å². The monoisotopic (exact) mass is 320 g/mol. The molecule has 106 valence electrons. The van der Waals surface area contributed by atoms with Crippen LogP contribution in [0, 0.1) is 18.3 Å². The summed E-state index contributed by atoms with van der Waals surface area (Å²) in [6.45, 7) is 1.77. The van der Waals surface area contributed by atoms with Gasteiger partial charge in [-0.25, -0.2) is 0 Å². The molecular formula is C15H10Cl2N2O2. The van der Waals surface area contributed by atoms with E-state index in [2.05, 4.69) is 5.32 Å². The molecule has 0 unspecified atom stereocenters. The van der Waals surface area contributed by atoms with Crippen molar-refractivity contribution in [3.63, 3.8) is 0 Å². The van der Waals surface area contributed by atoms with Gasteiger partial charge >= 0.3 is 0 Å². The number of nitrogens with zero attached hydrogens (tertiary/aromatic N) is 1. The zero-order valence-corrected chi connectivity index (χ0v) is 12.5. The van der Waals surface area contributed by atoms with Crippen LogP contribution in [0.4, 0.5) is 5.69 Å². The molecule has 0 aliphatic rings. The number of hydrogen-bond acceptors (Lipinski definition) is 3. The third kappa shape index (κ3) is 3.66. The fourth-order valence-corrected chi connectivity index (χ4v) is 1.96. The summed E-state index contributed by atoms with van der Waals surface area (Å²) in [4.78, 5) is 12.1. The molecule has 0 radical (unpaired) electrons. The van der Waals surface area contributed by atoms with Gasteiger partial charge in [0.05, 0.1) is 15.7 Å². The van der Waals surface area contributed by atoms with Crippen LogP contribution in [0.1, 0.15) is 11.5 Å². The Morgan fingerprint density at radius 3 is 2.71 bits per heavy atom. The first-order chi connectivity index (χ1) is 10.0. The topological polar surface area (TPSA) is 66.0 Å². The second-order valence-electron chi connectivity index (χ2n) is 4.17. The molecule has 0 bridgehead atoms. The summed E-state index contributed by atoms with van der Waals surface area (Å²) >= 11 is 11.8. The van der Waals surface area contributed by atoms with E-state index in [-0.39, 0.29) is 10.6 Å². The summed E-state index contributed by atoms with van der Waals surface area (Å²) < 4.78 is 5.30. The molecule has 0 aliphatic carbocycles. The lowest BCUT2D eigenvalue weighted by molar-refractivity contribution is -0.112. The number of nitrogens with one attached hydrogen (secondary N) is 1. The van der Waals surface area contributed by atoms with Gasteiger partial charge in [0.1, 0.15) is 23.2 Å². The Kier molecular flexibility index (Phi) is 4.69. The van der Waals surface area contributed by atoms with Crippen molar-refractivity contribution < 1.29 is 9.21 Å². The van der Waals surface area contributed by atoms with Crippen molar-refractivity contribution in [2.75, 3.05) is 5.32 Å². The van der Waals surface area contributed by atoms with Crippen molar-refractivity contribution in [2.24, 2.45) is 0 Å². The molecular weight excluding hydrogens is 311 g/mol. The van der Waals surface area contributed by atoms with E-state index in [4.69, 9.17) is 32.9 Å². The molecule has 0 saturated carbocycles. The van der Waals surface area contributed by atoms with Gasteiger partial charge in [0, 0.05) is 6.08 Å². The molecule has 0 fully saturated rings. The van der Waals surface area contributed by atoms with Crippen LogP contribution in [0.15, 0.2) is 40.3 Å². The van der Waals surface area contributed by atoms with E-state index < -0.39 is 5.91 Å². The molecule has 0 aliphatic heterocycles. The minimum atomic E-state index is -0.587. The van der Waals surface area contributed by atoms with Gasteiger partial charge in [-0.2, -0.15) is 5.26 Å². The normalized spacial score (nSPS) is 11.0. The number of amides is 1. The number of anilines is 1. The lowest BCUT2D eigenvalue weighted by Crippen LogP contribution is -2.13. The number of benzene rings is 1. The first-order valence-corrected chi connectivity index (χ1v) is 6.70. The zero-order chi connectivity index (χ0) is 15.4. The van der Waals surface area contributed by atoms with Gasteiger partial charge in [0.2, 0.25) is 0 Å². The van der Waals surface area contributed by atoms with Crippen molar-refractivity contribution >= 4 is 40.9 Å². The van der Waals surface area contributed by atoms with Gasteiger partial charge in [0.15, 0.2) is 0 Å². The molecule has 1 N–H and O–H groups in total. The van der Waals surface area contributed by atoms with Gasteiger partial charge in [-0.3, -0.25) is 4.79 Å². The van der Waals surface area contributed by atoms with Crippen molar-refractivity contribution in [2.45, 2.75) is 6.92 Å². The average molecular weight is 321 g/mol. The van der Waals surface area contributed by atoms with E-state index >= 15 is 0 Å². The number of carbonyl (C=O) groups is 1. The molecule has 1 aromatic heterocycles. The number of nitriles is 1. The van der Waals surface area contributed by atoms with Crippen molar-refractivity contribution in [1.29, 1.82) is 5.26 Å². The lowest BCUT2D eigenvalue weighted by atomic mass is 10.2. The van der Waals surface area contributed by atoms with E-state index in [0.29, 0.717) is 22.2 Å². The van der Waals surface area contributed by atoms with E-state index in [0.717, 1.165) is 0 Å². The summed E-state index contributed by atoms with van der Waals surface area (Å²) in [5.74, 6) is 0.531. The van der Waals surface area contributed by atoms with Crippen LogP contribution in [0.5, 0.6) is 0 Å². The number of rotatable bonds is 3. The highest BCUT2D eigenvalue weighted by atomic mass is 35.5. The van der Waals surface area contributed by atoms with Crippen molar-refractivity contribution in [3.05, 3.63) is 57.5 Å². The quantitative estimate of drug-likeness (QED) is 0.671. The second-order valence-corrected chi connectivity index (χ2v) is 4.96. The number of halogens is 2. The smallest absolute Gasteiger partial charge is 0.266 e. The highest BCUT2D eigenvalue weighted by molar-refractivity contribution is 6.44. The molecule has 1 aromatic carbocycles. The van der Waals surface area contributed by atoms with Crippen molar-refractivity contribution in [1.82, 2.24) is 0 Å². The van der Waals surface area contributed by atoms with Crippen LogP contribution in [0.2, 0.25) is 10.0 Å². The van der Waals surface area contributed by atoms with E-state index in [1.165, 1.54) is 6.08 Å². The Labute approximate surface area is 131 Å². The van der Waals surface area contributed by atoms with Gasteiger partial charge in [0.25, 0.3) is 5.91 Å². The molecule has 4 nitrogen and oxygen atoms in total. The summed E-state index contributed by atoms with van der Waals surface area (Å²) in [5, 5.41) is 12.2. The average Bonchev–Trinajstić information content (AvgIpc) is 2.86. The first kappa shape index (κ1) is 15.2. The summed E-state index contributed by atoms with van der Waals surface area (Å²) in [6, 6.07) is 10.1. The Hall–Kier alpha value is -2.22. The third-order valence-electron chi connectivity index (χ3n) is 2.61. The Morgan fingerprint density at radius 1 is 1.33 bits per heavy atom. The van der Waals surface area contributed by atoms with Crippen LogP contribution >= 0.6 is 23.2 Å². The highest BCUT2D eigenvalue weighted by Gasteiger charge is 2.13. The van der Waals surface area contributed by atoms with E-state index in [1.807, 2.05) is 6.07 Å². The standard InChI is InChI=1S/C15H10Cl2N2O2/c1-9-5-6-11(21-9)7-10(8-18)15(20)19-13-4-2-3-12(16)14(13)17/h2-7H,1H3,(H,19,20). The molecule has 1 amide bonds.